The predicted octanol–water partition coefficient (Wildman–Crippen LogP) is 4.22. The number of nitrogens with one attached hydrogen (secondary N) is 3. The Hall–Kier alpha value is -4.53. The van der Waals surface area contributed by atoms with E-state index in [0.29, 0.717) is 22.6 Å². The van der Waals surface area contributed by atoms with Crippen molar-refractivity contribution in [1.82, 2.24) is 30.0 Å². The summed E-state index contributed by atoms with van der Waals surface area (Å²) in [6.07, 6.45) is 7.04. The monoisotopic (exact) mass is 465 g/mol. The number of nitrogens with zero attached hydrogens (tertiary/aromatic N) is 4. The second kappa shape index (κ2) is 8.05. The maximum absolute atomic E-state index is 12.7. The molecule has 0 aliphatic heterocycles. The molecule has 5 aromatic rings. The third-order valence-corrected chi connectivity index (χ3v) is 6.26. The first kappa shape index (κ1) is 21.0. The first-order chi connectivity index (χ1) is 17.0. The summed E-state index contributed by atoms with van der Waals surface area (Å²) in [7, 11) is 3.48. The summed E-state index contributed by atoms with van der Waals surface area (Å²) in [5.74, 6) is 0.105. The Morgan fingerprint density at radius 2 is 1.86 bits per heavy atom. The zero-order chi connectivity index (χ0) is 24.1. The van der Waals surface area contributed by atoms with E-state index in [1.807, 2.05) is 36.4 Å². The van der Waals surface area contributed by atoms with Gasteiger partial charge in [-0.2, -0.15) is 5.10 Å². The predicted molar refractivity (Wildman–Crippen MR) is 134 cm³/mol. The van der Waals surface area contributed by atoms with Gasteiger partial charge in [-0.05, 0) is 43.2 Å². The molecule has 3 N–H and O–H groups in total. The molecule has 1 aliphatic rings. The van der Waals surface area contributed by atoms with Crippen LogP contribution < -0.4 is 5.32 Å². The van der Waals surface area contributed by atoms with Gasteiger partial charge in [0.1, 0.15) is 5.69 Å². The van der Waals surface area contributed by atoms with E-state index >= 15 is 0 Å². The molecule has 2 amide bonds. The quantitative estimate of drug-likeness (QED) is 0.359. The van der Waals surface area contributed by atoms with Gasteiger partial charge in [0.25, 0.3) is 5.91 Å². The number of hydrogen-bond acceptors (Lipinski definition) is 5. The number of H-pyrrole nitrogens is 2. The van der Waals surface area contributed by atoms with Crippen molar-refractivity contribution in [3.8, 4) is 22.5 Å². The number of carbonyl (C=O) groups is 2. The number of carbonyl (C=O) groups excluding carboxylic acids is 2. The topological polar surface area (TPSA) is 120 Å². The lowest BCUT2D eigenvalue weighted by molar-refractivity contribution is -0.117. The highest BCUT2D eigenvalue weighted by Gasteiger charge is 2.29. The van der Waals surface area contributed by atoms with Gasteiger partial charge in [-0.15, -0.1) is 0 Å². The Kier molecular flexibility index (Phi) is 4.84. The molecule has 1 fully saturated rings. The smallest absolute Gasteiger partial charge is 0.254 e. The molecule has 1 aromatic carbocycles. The molecule has 0 radical (unpaired) electrons. The van der Waals surface area contributed by atoms with E-state index in [1.54, 1.807) is 37.6 Å². The number of hydrogen-bond donors (Lipinski definition) is 3. The van der Waals surface area contributed by atoms with Crippen molar-refractivity contribution in [2.75, 3.05) is 19.4 Å². The van der Waals surface area contributed by atoms with Crippen molar-refractivity contribution in [3.05, 3.63) is 60.6 Å². The van der Waals surface area contributed by atoms with Crippen LogP contribution in [0.1, 0.15) is 23.2 Å². The highest BCUT2D eigenvalue weighted by atomic mass is 16.2. The van der Waals surface area contributed by atoms with Crippen LogP contribution in [-0.2, 0) is 4.79 Å². The molecule has 0 saturated heterocycles. The molecule has 0 spiro atoms. The molecular weight excluding hydrogens is 442 g/mol. The normalized spacial score (nSPS) is 13.3. The van der Waals surface area contributed by atoms with Crippen LogP contribution in [0.15, 0.2) is 55.0 Å². The zero-order valence-electron chi connectivity index (χ0n) is 19.3. The van der Waals surface area contributed by atoms with Gasteiger partial charge in [0.05, 0.1) is 17.6 Å². The number of amides is 2. The molecule has 0 unspecified atom stereocenters. The van der Waals surface area contributed by atoms with Crippen molar-refractivity contribution < 1.29 is 9.59 Å². The van der Waals surface area contributed by atoms with E-state index in [1.165, 1.54) is 0 Å². The summed E-state index contributed by atoms with van der Waals surface area (Å²) in [5.41, 5.74) is 6.00. The summed E-state index contributed by atoms with van der Waals surface area (Å²) >= 11 is 0. The average Bonchev–Trinajstić information content (AvgIpc) is 3.49. The van der Waals surface area contributed by atoms with Gasteiger partial charge < -0.3 is 15.2 Å². The first-order valence-corrected chi connectivity index (χ1v) is 11.4. The minimum absolute atomic E-state index is 0.0422. The molecule has 6 rings (SSSR count). The summed E-state index contributed by atoms with van der Waals surface area (Å²) < 4.78 is 0. The van der Waals surface area contributed by atoms with E-state index in [4.69, 9.17) is 0 Å². The second-order valence-electron chi connectivity index (χ2n) is 9.07. The molecule has 4 aromatic heterocycles. The van der Waals surface area contributed by atoms with Crippen molar-refractivity contribution in [1.29, 1.82) is 0 Å². The maximum Gasteiger partial charge on any atom is 0.254 e. The molecule has 0 atom stereocenters. The number of benzene rings is 1. The molecule has 174 valence electrons. The van der Waals surface area contributed by atoms with Gasteiger partial charge >= 0.3 is 0 Å². The van der Waals surface area contributed by atoms with E-state index in [0.717, 1.165) is 46.0 Å². The van der Waals surface area contributed by atoms with Crippen molar-refractivity contribution >= 4 is 39.4 Å². The Morgan fingerprint density at radius 3 is 2.66 bits per heavy atom. The van der Waals surface area contributed by atoms with Crippen LogP contribution in [0.3, 0.4) is 0 Å². The van der Waals surface area contributed by atoms with Crippen LogP contribution in [0.25, 0.3) is 44.5 Å². The second-order valence-corrected chi connectivity index (χ2v) is 9.07. The number of pyridine rings is 2. The zero-order valence-corrected chi connectivity index (χ0v) is 19.3. The van der Waals surface area contributed by atoms with Crippen molar-refractivity contribution in [2.45, 2.75) is 12.8 Å². The number of anilines is 1. The minimum Gasteiger partial charge on any atom is -0.353 e. The molecule has 4 heterocycles. The largest absolute Gasteiger partial charge is 0.353 e. The molecule has 1 aliphatic carbocycles. The third-order valence-electron chi connectivity index (χ3n) is 6.26. The fraction of sp³-hybridized carbons (Fsp3) is 0.192. The molecular formula is C26H23N7O2. The Bertz CT molecular complexity index is 1610. The highest BCUT2D eigenvalue weighted by Crippen LogP contribution is 2.33. The van der Waals surface area contributed by atoms with Crippen LogP contribution in [0.2, 0.25) is 0 Å². The lowest BCUT2D eigenvalue weighted by atomic mass is 10.1. The Balaban J connectivity index is 1.39. The number of aromatic nitrogens is 5. The summed E-state index contributed by atoms with van der Waals surface area (Å²) in [5, 5.41) is 12.1. The third kappa shape index (κ3) is 3.80. The van der Waals surface area contributed by atoms with Crippen molar-refractivity contribution in [2.24, 2.45) is 5.92 Å². The molecule has 9 nitrogen and oxygen atoms in total. The SMILES string of the molecule is CN(C)C(=O)c1cccc2[nH]c(-c3n[nH]c4ncc(-c5cncc(NC(=O)C6CC6)c5)cc34)cc12. The van der Waals surface area contributed by atoms with Crippen molar-refractivity contribution in [3.63, 3.8) is 0 Å². The fourth-order valence-corrected chi connectivity index (χ4v) is 4.23. The Labute approximate surface area is 200 Å². The molecule has 0 bridgehead atoms. The molecule has 1 saturated carbocycles. The van der Waals surface area contributed by atoms with Crippen LogP contribution in [0.4, 0.5) is 5.69 Å². The van der Waals surface area contributed by atoms with Crippen LogP contribution in [0, 0.1) is 5.92 Å². The van der Waals surface area contributed by atoms with Gasteiger partial charge in [0.15, 0.2) is 5.65 Å². The number of rotatable bonds is 5. The van der Waals surface area contributed by atoms with E-state index in [9.17, 15) is 9.59 Å². The Morgan fingerprint density at radius 1 is 1.03 bits per heavy atom. The summed E-state index contributed by atoms with van der Waals surface area (Å²) in [6, 6.07) is 11.5. The molecule has 35 heavy (non-hydrogen) atoms. The number of fused-ring (bicyclic) bond motifs is 2. The summed E-state index contributed by atoms with van der Waals surface area (Å²) in [6.45, 7) is 0. The standard InChI is InChI=1S/C26H23N7O2/c1-33(2)26(35)18-4-3-5-21-19(18)10-22(30-21)23-20-9-16(12-28-24(20)32-31-23)15-8-17(13-27-11-15)29-25(34)14-6-7-14/h3-5,8-14,30H,6-7H2,1-2H3,(H,29,34)(H,28,31,32). The summed E-state index contributed by atoms with van der Waals surface area (Å²) in [4.78, 5) is 38.6. The van der Waals surface area contributed by atoms with Gasteiger partial charge in [0.2, 0.25) is 5.91 Å². The lowest BCUT2D eigenvalue weighted by Gasteiger charge is -2.10. The van der Waals surface area contributed by atoms with E-state index in [2.05, 4.69) is 30.5 Å². The van der Waals surface area contributed by atoms with E-state index < -0.39 is 0 Å². The van der Waals surface area contributed by atoms with Gasteiger partial charge in [0, 0.05) is 65.4 Å². The first-order valence-electron chi connectivity index (χ1n) is 11.4. The lowest BCUT2D eigenvalue weighted by Crippen LogP contribution is -2.21. The van der Waals surface area contributed by atoms with Crippen LogP contribution in [-0.4, -0.2) is 56.0 Å². The van der Waals surface area contributed by atoms with E-state index in [-0.39, 0.29) is 17.7 Å². The minimum atomic E-state index is -0.0573. The van der Waals surface area contributed by atoms with Gasteiger partial charge in [-0.1, -0.05) is 6.07 Å². The maximum atomic E-state index is 12.7. The van der Waals surface area contributed by atoms with Gasteiger partial charge in [-0.3, -0.25) is 19.7 Å². The van der Waals surface area contributed by atoms with Crippen LogP contribution in [0.5, 0.6) is 0 Å². The van der Waals surface area contributed by atoms with Gasteiger partial charge in [-0.25, -0.2) is 4.98 Å². The average molecular weight is 466 g/mol. The highest BCUT2D eigenvalue weighted by molar-refractivity contribution is 6.08. The van der Waals surface area contributed by atoms with Crippen LogP contribution >= 0.6 is 0 Å². The number of aromatic amines is 2. The molecule has 9 heteroatoms. The fourth-order valence-electron chi connectivity index (χ4n) is 4.23.